The first-order chi connectivity index (χ1) is 11.8. The largest absolute Gasteiger partial charge is 0.394 e. The first-order valence-electron chi connectivity index (χ1n) is 7.81. The molecular weight excluding hydrogens is 336 g/mol. The number of carbonyl (C=O) groups is 3. The van der Waals surface area contributed by atoms with Gasteiger partial charge in [0.2, 0.25) is 17.7 Å². The van der Waals surface area contributed by atoms with Gasteiger partial charge in [-0.3, -0.25) is 14.4 Å². The van der Waals surface area contributed by atoms with Crippen LogP contribution in [0, 0.1) is 0 Å². The number of aliphatic hydroxyl groups is 2. The van der Waals surface area contributed by atoms with Gasteiger partial charge in [0.1, 0.15) is 18.7 Å². The Kier molecular flexibility index (Phi) is 12.5. The molecule has 0 heterocycles. The summed E-state index contributed by atoms with van der Waals surface area (Å²) >= 11 is 0. The van der Waals surface area contributed by atoms with Gasteiger partial charge < -0.3 is 41.4 Å². The van der Waals surface area contributed by atoms with Crippen molar-refractivity contribution in [3.63, 3.8) is 0 Å². The van der Waals surface area contributed by atoms with Crippen LogP contribution in [0.25, 0.3) is 0 Å². The number of nitrogens with one attached hydrogen (secondary N) is 3. The molecule has 11 heteroatoms. The van der Waals surface area contributed by atoms with Gasteiger partial charge in [-0.05, 0) is 14.0 Å². The van der Waals surface area contributed by atoms with Gasteiger partial charge in [0.05, 0.1) is 32.5 Å². The van der Waals surface area contributed by atoms with E-state index in [9.17, 15) is 19.5 Å². The summed E-state index contributed by atoms with van der Waals surface area (Å²) in [6.07, 6.45) is -1.10. The normalized spacial score (nSPS) is 14.4. The Hall–Kier alpha value is -1.79. The van der Waals surface area contributed by atoms with Crippen LogP contribution in [0.4, 0.5) is 0 Å². The van der Waals surface area contributed by atoms with Gasteiger partial charge in [-0.25, -0.2) is 0 Å². The van der Waals surface area contributed by atoms with Crippen molar-refractivity contribution in [2.75, 3.05) is 46.6 Å². The molecule has 0 aromatic heterocycles. The maximum atomic E-state index is 11.5. The van der Waals surface area contributed by atoms with Crippen LogP contribution in [0.1, 0.15) is 6.92 Å². The monoisotopic (exact) mass is 364 g/mol. The first-order valence-corrected chi connectivity index (χ1v) is 7.81. The summed E-state index contributed by atoms with van der Waals surface area (Å²) in [4.78, 5) is 34.0. The highest BCUT2D eigenvalue weighted by molar-refractivity contribution is 5.87. The van der Waals surface area contributed by atoms with Crippen LogP contribution >= 0.6 is 0 Å². The summed E-state index contributed by atoms with van der Waals surface area (Å²) < 4.78 is 10.3. The second kappa shape index (κ2) is 13.5. The van der Waals surface area contributed by atoms with E-state index in [-0.39, 0.29) is 45.5 Å². The first kappa shape index (κ1) is 23.2. The average Bonchev–Trinajstić information content (AvgIpc) is 2.55. The summed E-state index contributed by atoms with van der Waals surface area (Å²) in [7, 11) is 1.57. The molecule has 0 spiro atoms. The van der Waals surface area contributed by atoms with E-state index in [1.165, 1.54) is 6.92 Å². The number of hydrogen-bond donors (Lipinski definition) is 6. The molecule has 3 amide bonds. The Morgan fingerprint density at radius 3 is 2.32 bits per heavy atom. The molecule has 0 aliphatic heterocycles. The van der Waals surface area contributed by atoms with Crippen LogP contribution in [0.15, 0.2) is 0 Å². The fraction of sp³-hybridized carbons (Fsp3) is 0.786. The zero-order chi connectivity index (χ0) is 19.2. The van der Waals surface area contributed by atoms with Crippen LogP contribution < -0.4 is 21.7 Å². The molecule has 3 atom stereocenters. The van der Waals surface area contributed by atoms with E-state index in [0.29, 0.717) is 0 Å². The van der Waals surface area contributed by atoms with Crippen molar-refractivity contribution in [1.82, 2.24) is 16.0 Å². The number of rotatable bonds is 14. The van der Waals surface area contributed by atoms with Crippen molar-refractivity contribution in [1.29, 1.82) is 0 Å². The summed E-state index contributed by atoms with van der Waals surface area (Å²) in [5.41, 5.74) is 5.04. The van der Waals surface area contributed by atoms with Gasteiger partial charge >= 0.3 is 0 Å². The van der Waals surface area contributed by atoms with Gasteiger partial charge in [0.25, 0.3) is 0 Å². The predicted octanol–water partition coefficient (Wildman–Crippen LogP) is -3.93. The Morgan fingerprint density at radius 1 is 1.16 bits per heavy atom. The van der Waals surface area contributed by atoms with E-state index in [4.69, 9.17) is 20.3 Å². The molecule has 0 bridgehead atoms. The Labute approximate surface area is 146 Å². The lowest BCUT2D eigenvalue weighted by atomic mass is 10.2. The van der Waals surface area contributed by atoms with Crippen molar-refractivity contribution in [2.24, 2.45) is 5.73 Å². The maximum absolute atomic E-state index is 11.5. The predicted molar refractivity (Wildman–Crippen MR) is 87.4 cm³/mol. The Bertz CT molecular complexity index is 416. The van der Waals surface area contributed by atoms with E-state index < -0.39 is 30.0 Å². The van der Waals surface area contributed by atoms with Gasteiger partial charge in [0.15, 0.2) is 0 Å². The van der Waals surface area contributed by atoms with Crippen LogP contribution in [-0.2, 0) is 23.9 Å². The van der Waals surface area contributed by atoms with Gasteiger partial charge in [-0.2, -0.15) is 0 Å². The van der Waals surface area contributed by atoms with Gasteiger partial charge in [-0.15, -0.1) is 0 Å². The fourth-order valence-corrected chi connectivity index (χ4v) is 1.70. The number of carbonyl (C=O) groups excluding carboxylic acids is 3. The lowest BCUT2D eigenvalue weighted by Gasteiger charge is -2.17. The minimum Gasteiger partial charge on any atom is -0.394 e. The van der Waals surface area contributed by atoms with E-state index >= 15 is 0 Å². The standard InChI is InChI=1S/C14H28N4O7/c1-9(20)12(13(15)22)18-11(21)8-25-6-5-24-4-3-17-14(23)10(7-19)16-2/h9-10,12,16,19-20H,3-8H2,1-2H3,(H2,15,22)(H,17,23)(H,18,21). The van der Waals surface area contributed by atoms with Gasteiger partial charge in [-0.1, -0.05) is 0 Å². The average molecular weight is 364 g/mol. The summed E-state index contributed by atoms with van der Waals surface area (Å²) in [5.74, 6) is -1.75. The number of amides is 3. The maximum Gasteiger partial charge on any atom is 0.246 e. The molecular formula is C14H28N4O7. The number of likely N-dealkylation sites (N-methyl/N-ethyl adjacent to an activating group) is 1. The summed E-state index contributed by atoms with van der Waals surface area (Å²) in [5, 5.41) is 25.7. The van der Waals surface area contributed by atoms with Gasteiger partial charge in [0, 0.05) is 6.54 Å². The van der Waals surface area contributed by atoms with E-state index in [1.807, 2.05) is 0 Å². The van der Waals surface area contributed by atoms with Crippen molar-refractivity contribution in [3.8, 4) is 0 Å². The van der Waals surface area contributed by atoms with Crippen LogP contribution in [-0.4, -0.2) is 92.7 Å². The van der Waals surface area contributed by atoms with E-state index in [0.717, 1.165) is 0 Å². The molecule has 25 heavy (non-hydrogen) atoms. The molecule has 0 aliphatic rings. The minimum absolute atomic E-state index is 0.132. The summed E-state index contributed by atoms with van der Waals surface area (Å²) in [6.45, 7) is 1.58. The van der Waals surface area contributed by atoms with Crippen molar-refractivity contribution >= 4 is 17.7 Å². The van der Waals surface area contributed by atoms with Crippen molar-refractivity contribution in [3.05, 3.63) is 0 Å². The molecule has 11 nitrogen and oxygen atoms in total. The third-order valence-electron chi connectivity index (χ3n) is 3.10. The molecule has 7 N–H and O–H groups in total. The fourth-order valence-electron chi connectivity index (χ4n) is 1.70. The third-order valence-corrected chi connectivity index (χ3v) is 3.10. The quantitative estimate of drug-likeness (QED) is 0.170. The highest BCUT2D eigenvalue weighted by Gasteiger charge is 2.22. The summed E-state index contributed by atoms with van der Waals surface area (Å²) in [6, 6.07) is -1.83. The lowest BCUT2D eigenvalue weighted by Crippen LogP contribution is -2.51. The molecule has 0 rings (SSSR count). The van der Waals surface area contributed by atoms with Crippen LogP contribution in [0.3, 0.4) is 0 Å². The molecule has 146 valence electrons. The van der Waals surface area contributed by atoms with Crippen LogP contribution in [0.5, 0.6) is 0 Å². The third kappa shape index (κ3) is 10.6. The Balaban J connectivity index is 3.68. The lowest BCUT2D eigenvalue weighted by molar-refractivity contribution is -0.132. The molecule has 0 fully saturated rings. The minimum atomic E-state index is -1.17. The Morgan fingerprint density at radius 2 is 1.80 bits per heavy atom. The molecule has 0 aliphatic carbocycles. The van der Waals surface area contributed by atoms with Crippen LogP contribution in [0.2, 0.25) is 0 Å². The number of primary amides is 1. The molecule has 0 radical (unpaired) electrons. The zero-order valence-electron chi connectivity index (χ0n) is 14.5. The smallest absolute Gasteiger partial charge is 0.246 e. The highest BCUT2D eigenvalue weighted by atomic mass is 16.5. The number of aliphatic hydroxyl groups excluding tert-OH is 2. The van der Waals surface area contributed by atoms with Crippen molar-refractivity contribution < 1.29 is 34.1 Å². The van der Waals surface area contributed by atoms with Crippen molar-refractivity contribution in [2.45, 2.75) is 25.1 Å². The number of hydrogen-bond acceptors (Lipinski definition) is 8. The molecule has 0 aromatic carbocycles. The molecule has 0 saturated carbocycles. The zero-order valence-corrected chi connectivity index (χ0v) is 14.5. The molecule has 3 unspecified atom stereocenters. The second-order valence-electron chi connectivity index (χ2n) is 5.17. The van der Waals surface area contributed by atoms with E-state index in [2.05, 4.69) is 16.0 Å². The van der Waals surface area contributed by atoms with E-state index in [1.54, 1.807) is 7.05 Å². The number of ether oxygens (including phenoxy) is 2. The molecule has 0 saturated heterocycles. The second-order valence-corrected chi connectivity index (χ2v) is 5.17. The highest BCUT2D eigenvalue weighted by Crippen LogP contribution is 1.92. The number of nitrogens with two attached hydrogens (primary N) is 1. The molecule has 0 aromatic rings. The topological polar surface area (TPSA) is 172 Å². The SMILES string of the molecule is CNC(CO)C(=O)NCCOCCOCC(=O)NC(C(N)=O)C(C)O.